The van der Waals surface area contributed by atoms with Gasteiger partial charge < -0.3 is 25.2 Å². The number of aromatic amines is 1. The van der Waals surface area contributed by atoms with Crippen molar-refractivity contribution in [1.29, 1.82) is 0 Å². The summed E-state index contributed by atoms with van der Waals surface area (Å²) in [6, 6.07) is 3.54. The second-order valence-electron chi connectivity index (χ2n) is 8.14. The zero-order chi connectivity index (χ0) is 23.1. The summed E-state index contributed by atoms with van der Waals surface area (Å²) in [5.41, 5.74) is 1.66. The van der Waals surface area contributed by atoms with Crippen molar-refractivity contribution >= 4 is 17.8 Å². The Hall–Kier alpha value is -3.30. The highest BCUT2D eigenvalue weighted by Crippen LogP contribution is 2.40. The first-order valence-corrected chi connectivity index (χ1v) is 10.8. The lowest BCUT2D eigenvalue weighted by molar-refractivity contribution is -0.115. The highest BCUT2D eigenvalue weighted by atomic mass is 16.5. The predicted molar refractivity (Wildman–Crippen MR) is 118 cm³/mol. The van der Waals surface area contributed by atoms with Crippen LogP contribution in [0.2, 0.25) is 0 Å². The van der Waals surface area contributed by atoms with E-state index in [1.54, 1.807) is 6.07 Å². The van der Waals surface area contributed by atoms with E-state index in [4.69, 9.17) is 14.6 Å². The van der Waals surface area contributed by atoms with E-state index in [1.165, 1.54) is 20.4 Å². The van der Waals surface area contributed by atoms with Gasteiger partial charge in [-0.05, 0) is 38.0 Å². The second-order valence-corrected chi connectivity index (χ2v) is 8.14. The second kappa shape index (κ2) is 10.8. The third-order valence-corrected chi connectivity index (χ3v) is 5.99. The lowest BCUT2D eigenvalue weighted by Crippen LogP contribution is -2.34. The number of ether oxygens (including phenoxy) is 2. The summed E-state index contributed by atoms with van der Waals surface area (Å²) in [5, 5.41) is 21.7. The van der Waals surface area contributed by atoms with Gasteiger partial charge in [-0.3, -0.25) is 9.89 Å². The van der Waals surface area contributed by atoms with Crippen LogP contribution in [-0.2, 0) is 11.2 Å². The van der Waals surface area contributed by atoms with Crippen molar-refractivity contribution < 1.29 is 24.2 Å². The Kier molecular flexibility index (Phi) is 7.91. The fourth-order valence-electron chi connectivity index (χ4n) is 4.34. The number of nitrogens with one attached hydrogen (secondary N) is 3. The number of amides is 2. The molecule has 1 aliphatic carbocycles. The first-order chi connectivity index (χ1) is 15.4. The summed E-state index contributed by atoms with van der Waals surface area (Å²) in [6.07, 6.45) is 5.31. The maximum atomic E-state index is 12.5. The summed E-state index contributed by atoms with van der Waals surface area (Å²) in [6.45, 7) is 1.99. The van der Waals surface area contributed by atoms with Crippen molar-refractivity contribution in [2.45, 2.75) is 57.4 Å². The molecular weight excluding hydrogens is 414 g/mol. The Balaban J connectivity index is 1.55. The number of carbonyl (C=O) groups is 2. The largest absolute Gasteiger partial charge is 0.495 e. The Labute approximate surface area is 187 Å². The Morgan fingerprint density at radius 2 is 2.09 bits per heavy atom. The standard InChI is InChI=1S/C22H31N5O5/c1-4-16(24-22(29)30)8-13-5-6-14(7-13)17-11-19(27-26-17)25-20(28)9-15-10-21(32-3)23-12-18(15)31-2/h10-14,16,24H,4-9H2,1-3H3,(H,29,30)(H2,25,26,27,28). The Morgan fingerprint density at radius 1 is 1.28 bits per heavy atom. The van der Waals surface area contributed by atoms with Crippen LogP contribution in [0.4, 0.5) is 10.6 Å². The average Bonchev–Trinajstić information content (AvgIpc) is 3.42. The number of hydrogen-bond acceptors (Lipinski definition) is 6. The molecule has 4 N–H and O–H groups in total. The molecule has 1 fully saturated rings. The summed E-state index contributed by atoms with van der Waals surface area (Å²) in [5.74, 6) is 1.98. The number of nitrogens with zero attached hydrogens (tertiary/aromatic N) is 2. The number of rotatable bonds is 10. The molecule has 2 amide bonds. The lowest BCUT2D eigenvalue weighted by atomic mass is 9.95. The summed E-state index contributed by atoms with van der Waals surface area (Å²) in [7, 11) is 3.04. The molecule has 2 aromatic rings. The number of carbonyl (C=O) groups excluding carboxylic acids is 1. The van der Waals surface area contributed by atoms with Gasteiger partial charge in [0.1, 0.15) is 5.75 Å². The highest BCUT2D eigenvalue weighted by molar-refractivity contribution is 5.91. The number of aromatic nitrogens is 3. The van der Waals surface area contributed by atoms with E-state index in [0.29, 0.717) is 34.8 Å². The molecule has 3 atom stereocenters. The van der Waals surface area contributed by atoms with E-state index < -0.39 is 6.09 Å². The van der Waals surface area contributed by atoms with E-state index in [-0.39, 0.29) is 18.4 Å². The van der Waals surface area contributed by atoms with Crippen LogP contribution in [0.25, 0.3) is 0 Å². The monoisotopic (exact) mass is 445 g/mol. The average molecular weight is 446 g/mol. The molecule has 2 aromatic heterocycles. The fraction of sp³-hybridized carbons (Fsp3) is 0.545. The molecule has 0 aliphatic heterocycles. The molecule has 0 aromatic carbocycles. The predicted octanol–water partition coefficient (Wildman–Crippen LogP) is 3.32. The van der Waals surface area contributed by atoms with Crippen LogP contribution < -0.4 is 20.1 Å². The third kappa shape index (κ3) is 6.12. The Morgan fingerprint density at radius 3 is 2.78 bits per heavy atom. The van der Waals surface area contributed by atoms with Crippen LogP contribution in [0.5, 0.6) is 11.6 Å². The minimum absolute atomic E-state index is 0.0170. The van der Waals surface area contributed by atoms with E-state index in [2.05, 4.69) is 25.8 Å². The van der Waals surface area contributed by atoms with Gasteiger partial charge in [-0.15, -0.1) is 0 Å². The van der Waals surface area contributed by atoms with Crippen LogP contribution in [0.15, 0.2) is 18.3 Å². The zero-order valence-corrected chi connectivity index (χ0v) is 18.7. The summed E-state index contributed by atoms with van der Waals surface area (Å²) in [4.78, 5) is 27.5. The van der Waals surface area contributed by atoms with Crippen LogP contribution in [0.3, 0.4) is 0 Å². The zero-order valence-electron chi connectivity index (χ0n) is 18.7. The van der Waals surface area contributed by atoms with Gasteiger partial charge in [-0.1, -0.05) is 6.92 Å². The van der Waals surface area contributed by atoms with Crippen LogP contribution >= 0.6 is 0 Å². The molecule has 3 rings (SSSR count). The number of H-pyrrole nitrogens is 1. The maximum Gasteiger partial charge on any atom is 0.404 e. The van der Waals surface area contributed by atoms with Gasteiger partial charge in [0, 0.05) is 35.3 Å². The van der Waals surface area contributed by atoms with Crippen molar-refractivity contribution in [2.24, 2.45) is 5.92 Å². The van der Waals surface area contributed by atoms with Gasteiger partial charge in [0.2, 0.25) is 11.8 Å². The molecule has 3 unspecified atom stereocenters. The number of pyridine rings is 1. The molecule has 174 valence electrons. The fourth-order valence-corrected chi connectivity index (χ4v) is 4.34. The molecule has 32 heavy (non-hydrogen) atoms. The number of anilines is 1. The molecule has 1 saturated carbocycles. The van der Waals surface area contributed by atoms with E-state index in [1.807, 2.05) is 13.0 Å². The van der Waals surface area contributed by atoms with Gasteiger partial charge >= 0.3 is 6.09 Å². The van der Waals surface area contributed by atoms with Gasteiger partial charge in [0.05, 0.1) is 26.8 Å². The quantitative estimate of drug-likeness (QED) is 0.440. The van der Waals surface area contributed by atoms with Crippen LogP contribution in [-0.4, -0.2) is 52.5 Å². The van der Waals surface area contributed by atoms with Crippen molar-refractivity contribution in [3.8, 4) is 11.6 Å². The minimum atomic E-state index is -0.969. The van der Waals surface area contributed by atoms with Gasteiger partial charge in [0.15, 0.2) is 5.82 Å². The number of hydrogen-bond donors (Lipinski definition) is 4. The van der Waals surface area contributed by atoms with Gasteiger partial charge in [-0.2, -0.15) is 5.10 Å². The first-order valence-electron chi connectivity index (χ1n) is 10.8. The van der Waals surface area contributed by atoms with E-state index in [9.17, 15) is 9.59 Å². The molecule has 0 spiro atoms. The topological polar surface area (TPSA) is 138 Å². The number of carboxylic acid groups (broad SMARTS) is 1. The molecule has 10 nitrogen and oxygen atoms in total. The lowest BCUT2D eigenvalue weighted by Gasteiger charge is -2.19. The molecule has 0 saturated heterocycles. The number of methoxy groups -OCH3 is 2. The van der Waals surface area contributed by atoms with Gasteiger partial charge in [-0.25, -0.2) is 9.78 Å². The summed E-state index contributed by atoms with van der Waals surface area (Å²) < 4.78 is 10.4. The van der Waals surface area contributed by atoms with Crippen LogP contribution in [0.1, 0.15) is 56.2 Å². The van der Waals surface area contributed by atoms with Crippen molar-refractivity contribution in [3.63, 3.8) is 0 Å². The summed E-state index contributed by atoms with van der Waals surface area (Å²) >= 11 is 0. The normalized spacial score (nSPS) is 18.7. The van der Waals surface area contributed by atoms with E-state index >= 15 is 0 Å². The molecule has 1 aliphatic rings. The molecular formula is C22H31N5O5. The highest BCUT2D eigenvalue weighted by Gasteiger charge is 2.29. The van der Waals surface area contributed by atoms with Crippen molar-refractivity contribution in [2.75, 3.05) is 19.5 Å². The smallest absolute Gasteiger partial charge is 0.404 e. The first kappa shape index (κ1) is 23.4. The van der Waals surface area contributed by atoms with E-state index in [0.717, 1.165) is 37.8 Å². The molecule has 0 radical (unpaired) electrons. The van der Waals surface area contributed by atoms with Crippen molar-refractivity contribution in [3.05, 3.63) is 29.6 Å². The van der Waals surface area contributed by atoms with Gasteiger partial charge in [0.25, 0.3) is 0 Å². The molecule has 2 heterocycles. The third-order valence-electron chi connectivity index (χ3n) is 5.99. The molecule has 10 heteroatoms. The molecule has 0 bridgehead atoms. The van der Waals surface area contributed by atoms with Crippen molar-refractivity contribution in [1.82, 2.24) is 20.5 Å². The maximum absolute atomic E-state index is 12.5. The SMILES string of the molecule is CCC(CC1CCC(c2cc(NC(=O)Cc3cc(OC)ncc3OC)n[nH]2)C1)NC(=O)O. The Bertz CT molecular complexity index is 931. The minimum Gasteiger partial charge on any atom is -0.495 e. The van der Waals surface area contributed by atoms with Crippen LogP contribution in [0, 0.1) is 5.92 Å².